The third-order valence-corrected chi connectivity index (χ3v) is 2.51. The van der Waals surface area contributed by atoms with Crippen molar-refractivity contribution in [3.8, 4) is 0 Å². The van der Waals surface area contributed by atoms with Gasteiger partial charge in [0.05, 0.1) is 0 Å². The molecule has 10 heavy (non-hydrogen) atoms. The molecule has 0 saturated carbocycles. The van der Waals surface area contributed by atoms with Crippen LogP contribution in [-0.2, 0) is 0 Å². The summed E-state index contributed by atoms with van der Waals surface area (Å²) in [7, 11) is 0. The molecule has 1 atom stereocenters. The average Bonchev–Trinajstić information content (AvgIpc) is 1.58. The lowest BCUT2D eigenvalue weighted by atomic mass is 10.1. The summed E-state index contributed by atoms with van der Waals surface area (Å²) >= 11 is 2.08. The van der Waals surface area contributed by atoms with Crippen LogP contribution < -0.4 is 0 Å². The third-order valence-electron chi connectivity index (χ3n) is 1.31. The zero-order valence-corrected chi connectivity index (χ0v) is 8.66. The second kappa shape index (κ2) is 5.06. The predicted molar refractivity (Wildman–Crippen MR) is 51.6 cm³/mol. The van der Waals surface area contributed by atoms with Crippen LogP contribution in [0, 0.1) is 5.92 Å². The largest absolute Gasteiger partial charge is 0.156 e. The topological polar surface area (TPSA) is 0 Å². The Bertz CT molecular complexity index is 66.8. The van der Waals surface area contributed by atoms with Gasteiger partial charge in [0.15, 0.2) is 0 Å². The van der Waals surface area contributed by atoms with E-state index in [1.54, 1.807) is 0 Å². The first-order chi connectivity index (χ1) is 4.52. The first-order valence-electron chi connectivity index (χ1n) is 4.17. The molecule has 0 amide bonds. The highest BCUT2D eigenvalue weighted by atomic mass is 32.2. The molecule has 62 valence electrons. The van der Waals surface area contributed by atoms with Gasteiger partial charge in [0.25, 0.3) is 0 Å². The normalized spacial score (nSPS) is 14.7. The average molecular weight is 160 g/mol. The zero-order valence-electron chi connectivity index (χ0n) is 7.85. The molecule has 0 spiro atoms. The number of hydrogen-bond donors (Lipinski definition) is 0. The van der Waals surface area contributed by atoms with Crippen molar-refractivity contribution >= 4 is 11.8 Å². The van der Waals surface area contributed by atoms with Crippen LogP contribution in [0.15, 0.2) is 0 Å². The Kier molecular flexibility index (Phi) is 5.24. The van der Waals surface area contributed by atoms with Gasteiger partial charge in [-0.25, -0.2) is 0 Å². The molecule has 0 aliphatic rings. The van der Waals surface area contributed by atoms with Crippen LogP contribution in [0.2, 0.25) is 0 Å². The highest BCUT2D eigenvalue weighted by molar-refractivity contribution is 8.00. The lowest BCUT2D eigenvalue weighted by molar-refractivity contribution is 0.584. The van der Waals surface area contributed by atoms with Gasteiger partial charge in [-0.15, -0.1) is 0 Å². The van der Waals surface area contributed by atoms with Crippen LogP contribution in [0.25, 0.3) is 0 Å². The minimum atomic E-state index is 0.786. The molecule has 0 aromatic rings. The van der Waals surface area contributed by atoms with E-state index in [9.17, 15) is 0 Å². The van der Waals surface area contributed by atoms with Gasteiger partial charge in [-0.2, -0.15) is 11.8 Å². The molecule has 0 rings (SSSR count). The molecular formula is C9H20S. The van der Waals surface area contributed by atoms with Crippen molar-refractivity contribution in [2.24, 2.45) is 5.92 Å². The Balaban J connectivity index is 3.34. The van der Waals surface area contributed by atoms with Crippen molar-refractivity contribution in [2.75, 3.05) is 0 Å². The second-order valence-electron chi connectivity index (χ2n) is 3.63. The first kappa shape index (κ1) is 10.3. The maximum Gasteiger partial charge on any atom is 0.00237 e. The summed E-state index contributed by atoms with van der Waals surface area (Å²) in [6.07, 6.45) is 1.35. The first-order valence-corrected chi connectivity index (χ1v) is 5.12. The van der Waals surface area contributed by atoms with Gasteiger partial charge in [-0.05, 0) is 17.6 Å². The quantitative estimate of drug-likeness (QED) is 0.606. The van der Waals surface area contributed by atoms with Crippen molar-refractivity contribution in [2.45, 2.75) is 51.5 Å². The number of hydrogen-bond acceptors (Lipinski definition) is 1. The van der Waals surface area contributed by atoms with Crippen LogP contribution >= 0.6 is 11.8 Å². The number of thioether (sulfide) groups is 1. The minimum absolute atomic E-state index is 0.786. The van der Waals surface area contributed by atoms with E-state index in [2.05, 4.69) is 46.4 Å². The smallest absolute Gasteiger partial charge is 0.00237 e. The summed E-state index contributed by atoms with van der Waals surface area (Å²) in [4.78, 5) is 0. The van der Waals surface area contributed by atoms with Crippen LogP contribution in [0.4, 0.5) is 0 Å². The second-order valence-corrected chi connectivity index (χ2v) is 5.64. The van der Waals surface area contributed by atoms with Crippen molar-refractivity contribution in [1.29, 1.82) is 0 Å². The fourth-order valence-electron chi connectivity index (χ4n) is 1.18. The van der Waals surface area contributed by atoms with Gasteiger partial charge < -0.3 is 0 Å². The Labute approximate surface area is 69.8 Å². The lowest BCUT2D eigenvalue weighted by Gasteiger charge is -2.15. The fourth-order valence-corrected chi connectivity index (χ4v) is 2.61. The summed E-state index contributed by atoms with van der Waals surface area (Å²) < 4.78 is 0. The van der Waals surface area contributed by atoms with Crippen LogP contribution in [0.1, 0.15) is 41.0 Å². The molecule has 0 aliphatic carbocycles. The van der Waals surface area contributed by atoms with Crippen LogP contribution in [0.3, 0.4) is 0 Å². The van der Waals surface area contributed by atoms with Crippen molar-refractivity contribution in [1.82, 2.24) is 0 Å². The summed E-state index contributed by atoms with van der Waals surface area (Å²) in [5.74, 6) is 0.848. The Morgan fingerprint density at radius 2 is 1.50 bits per heavy atom. The van der Waals surface area contributed by atoms with Gasteiger partial charge in [-0.1, -0.05) is 34.6 Å². The Morgan fingerprint density at radius 3 is 1.80 bits per heavy atom. The van der Waals surface area contributed by atoms with E-state index in [1.807, 2.05) is 0 Å². The van der Waals surface area contributed by atoms with Gasteiger partial charge in [0, 0.05) is 5.25 Å². The van der Waals surface area contributed by atoms with E-state index in [0.29, 0.717) is 0 Å². The van der Waals surface area contributed by atoms with E-state index in [-0.39, 0.29) is 0 Å². The standard InChI is InChI=1S/C9H20S/c1-7(2)6-9(5)10-8(3)4/h7-9H,6H2,1-5H3/t9-/m1/s1. The molecule has 0 aliphatic heterocycles. The molecule has 0 heterocycles. The highest BCUT2D eigenvalue weighted by Crippen LogP contribution is 2.22. The fraction of sp³-hybridized carbons (Fsp3) is 1.00. The van der Waals surface area contributed by atoms with Gasteiger partial charge in [0.2, 0.25) is 0 Å². The number of rotatable bonds is 4. The molecule has 0 radical (unpaired) electrons. The van der Waals surface area contributed by atoms with Gasteiger partial charge in [0.1, 0.15) is 0 Å². The highest BCUT2D eigenvalue weighted by Gasteiger charge is 2.06. The van der Waals surface area contributed by atoms with Crippen LogP contribution in [-0.4, -0.2) is 10.5 Å². The molecule has 0 fully saturated rings. The van der Waals surface area contributed by atoms with Gasteiger partial charge >= 0.3 is 0 Å². The van der Waals surface area contributed by atoms with E-state index < -0.39 is 0 Å². The molecule has 0 nitrogen and oxygen atoms in total. The maximum absolute atomic E-state index is 2.32. The third kappa shape index (κ3) is 6.47. The molecule has 0 N–H and O–H groups in total. The molecule has 0 aromatic carbocycles. The predicted octanol–water partition coefficient (Wildman–Crippen LogP) is 3.56. The van der Waals surface area contributed by atoms with E-state index in [4.69, 9.17) is 0 Å². The monoisotopic (exact) mass is 160 g/mol. The maximum atomic E-state index is 2.32. The van der Waals surface area contributed by atoms with Crippen molar-refractivity contribution in [3.63, 3.8) is 0 Å². The Hall–Kier alpha value is 0.350. The van der Waals surface area contributed by atoms with E-state index >= 15 is 0 Å². The van der Waals surface area contributed by atoms with Crippen molar-refractivity contribution < 1.29 is 0 Å². The summed E-state index contributed by atoms with van der Waals surface area (Å²) in [5.41, 5.74) is 0. The lowest BCUT2D eigenvalue weighted by Crippen LogP contribution is -2.04. The molecular weight excluding hydrogens is 140 g/mol. The summed E-state index contributed by atoms with van der Waals surface area (Å²) in [6.45, 7) is 11.4. The van der Waals surface area contributed by atoms with Gasteiger partial charge in [-0.3, -0.25) is 0 Å². The summed E-state index contributed by atoms with van der Waals surface area (Å²) in [5, 5.41) is 1.62. The molecule has 1 heteroatoms. The SMILES string of the molecule is CC(C)C[C@@H](C)SC(C)C. The Morgan fingerprint density at radius 1 is 1.00 bits per heavy atom. The molecule has 0 saturated heterocycles. The minimum Gasteiger partial charge on any atom is -0.156 e. The zero-order chi connectivity index (χ0) is 8.15. The molecule has 0 bridgehead atoms. The molecule has 0 aromatic heterocycles. The summed E-state index contributed by atoms with van der Waals surface area (Å²) in [6, 6.07) is 0. The molecule has 0 unspecified atom stereocenters. The van der Waals surface area contributed by atoms with Crippen LogP contribution in [0.5, 0.6) is 0 Å². The van der Waals surface area contributed by atoms with Crippen molar-refractivity contribution in [3.05, 3.63) is 0 Å². The van der Waals surface area contributed by atoms with E-state index in [1.165, 1.54) is 6.42 Å². The van der Waals surface area contributed by atoms with E-state index in [0.717, 1.165) is 16.4 Å².